The van der Waals surface area contributed by atoms with Gasteiger partial charge in [0.2, 0.25) is 0 Å². The lowest BCUT2D eigenvalue weighted by molar-refractivity contribution is -0.163. The van der Waals surface area contributed by atoms with E-state index in [4.69, 9.17) is 5.11 Å². The molecule has 1 heterocycles. The van der Waals surface area contributed by atoms with Crippen molar-refractivity contribution in [1.82, 2.24) is 5.32 Å². The number of aliphatic hydroxyl groups is 1. The Labute approximate surface area is 81.5 Å². The third-order valence-corrected chi connectivity index (χ3v) is 2.59. The van der Waals surface area contributed by atoms with Crippen LogP contribution in [0, 0.1) is 0 Å². The van der Waals surface area contributed by atoms with E-state index in [0.717, 1.165) is 6.42 Å². The number of piperidine rings is 1. The van der Waals surface area contributed by atoms with Crippen LogP contribution in [0.5, 0.6) is 0 Å². The minimum atomic E-state index is -4.13. The van der Waals surface area contributed by atoms with Crippen LogP contribution in [0.4, 0.5) is 13.2 Å². The predicted octanol–water partition coefficient (Wildman–Crippen LogP) is 1.83. The fourth-order valence-corrected chi connectivity index (χ4v) is 1.84. The highest BCUT2D eigenvalue weighted by Crippen LogP contribution is 2.28. The molecule has 0 amide bonds. The van der Waals surface area contributed by atoms with Gasteiger partial charge in [-0.25, -0.2) is 0 Å². The molecule has 14 heavy (non-hydrogen) atoms. The van der Waals surface area contributed by atoms with Crippen molar-refractivity contribution in [2.45, 2.75) is 50.4 Å². The topological polar surface area (TPSA) is 32.3 Å². The maximum atomic E-state index is 12.3. The summed E-state index contributed by atoms with van der Waals surface area (Å²) < 4.78 is 37.0. The van der Waals surface area contributed by atoms with Crippen LogP contribution >= 0.6 is 0 Å². The molecule has 2 nitrogen and oxygen atoms in total. The monoisotopic (exact) mass is 211 g/mol. The first-order valence-electron chi connectivity index (χ1n) is 4.97. The molecule has 1 fully saturated rings. The van der Waals surface area contributed by atoms with Crippen LogP contribution in [0.15, 0.2) is 0 Å². The van der Waals surface area contributed by atoms with Crippen molar-refractivity contribution < 1.29 is 18.3 Å². The molecule has 0 saturated carbocycles. The lowest BCUT2D eigenvalue weighted by Crippen LogP contribution is -2.50. The van der Waals surface area contributed by atoms with E-state index >= 15 is 0 Å². The number of nitrogens with one attached hydrogen (secondary N) is 1. The van der Waals surface area contributed by atoms with E-state index in [9.17, 15) is 13.2 Å². The van der Waals surface area contributed by atoms with Crippen LogP contribution in [-0.4, -0.2) is 30.0 Å². The summed E-state index contributed by atoms with van der Waals surface area (Å²) in [5.74, 6) is 0. The van der Waals surface area contributed by atoms with Gasteiger partial charge < -0.3 is 10.4 Å². The summed E-state index contributed by atoms with van der Waals surface area (Å²) in [6.45, 7) is 0.0505. The highest BCUT2D eigenvalue weighted by molar-refractivity contribution is 4.84. The summed E-state index contributed by atoms with van der Waals surface area (Å²) in [5, 5.41) is 11.2. The normalized spacial score (nSPS) is 29.1. The summed E-state index contributed by atoms with van der Waals surface area (Å²) in [6.07, 6.45) is -1.35. The molecule has 1 rings (SSSR count). The zero-order chi connectivity index (χ0) is 10.6. The number of hydrogen-bond acceptors (Lipinski definition) is 2. The fraction of sp³-hybridized carbons (Fsp3) is 1.00. The van der Waals surface area contributed by atoms with Gasteiger partial charge in [0.05, 0.1) is 0 Å². The molecule has 2 atom stereocenters. The molecule has 0 aromatic carbocycles. The van der Waals surface area contributed by atoms with Crippen LogP contribution in [0.1, 0.15) is 32.1 Å². The Morgan fingerprint density at radius 2 is 2.00 bits per heavy atom. The Hall–Kier alpha value is -0.290. The molecule has 0 aromatic heterocycles. The van der Waals surface area contributed by atoms with Crippen LogP contribution in [0.3, 0.4) is 0 Å². The van der Waals surface area contributed by atoms with Crippen LogP contribution in [0.25, 0.3) is 0 Å². The molecule has 1 aliphatic heterocycles. The quantitative estimate of drug-likeness (QED) is 0.746. The molecule has 1 aliphatic rings. The largest absolute Gasteiger partial charge is 0.403 e. The third-order valence-electron chi connectivity index (χ3n) is 2.59. The van der Waals surface area contributed by atoms with Crippen molar-refractivity contribution >= 4 is 0 Å². The van der Waals surface area contributed by atoms with E-state index in [1.165, 1.54) is 0 Å². The fourth-order valence-electron chi connectivity index (χ4n) is 1.84. The van der Waals surface area contributed by atoms with Gasteiger partial charge in [-0.3, -0.25) is 0 Å². The molecule has 1 saturated heterocycles. The summed E-state index contributed by atoms with van der Waals surface area (Å²) in [6, 6.07) is -1.43. The van der Waals surface area contributed by atoms with Crippen LogP contribution < -0.4 is 5.32 Å². The average molecular weight is 211 g/mol. The zero-order valence-corrected chi connectivity index (χ0v) is 7.98. The number of aliphatic hydroxyl groups excluding tert-OH is 1. The first-order chi connectivity index (χ1) is 6.54. The van der Waals surface area contributed by atoms with Gasteiger partial charge in [0.25, 0.3) is 0 Å². The average Bonchev–Trinajstić information content (AvgIpc) is 2.14. The maximum absolute atomic E-state index is 12.3. The van der Waals surface area contributed by atoms with Crippen molar-refractivity contribution in [3.8, 4) is 0 Å². The van der Waals surface area contributed by atoms with E-state index in [2.05, 4.69) is 5.32 Å². The second-order valence-electron chi connectivity index (χ2n) is 3.75. The van der Waals surface area contributed by atoms with Crippen molar-refractivity contribution in [3.63, 3.8) is 0 Å². The highest BCUT2D eigenvalue weighted by Gasteiger charge is 2.41. The zero-order valence-electron chi connectivity index (χ0n) is 7.98. The van der Waals surface area contributed by atoms with Crippen molar-refractivity contribution in [2.24, 2.45) is 0 Å². The van der Waals surface area contributed by atoms with Gasteiger partial charge in [-0.2, -0.15) is 13.2 Å². The van der Waals surface area contributed by atoms with Gasteiger partial charge in [0.1, 0.15) is 6.04 Å². The molecule has 0 bridgehead atoms. The maximum Gasteiger partial charge on any atom is 0.403 e. The smallest absolute Gasteiger partial charge is 0.396 e. The van der Waals surface area contributed by atoms with Gasteiger partial charge in [0.15, 0.2) is 0 Å². The van der Waals surface area contributed by atoms with Crippen molar-refractivity contribution in [1.29, 1.82) is 0 Å². The second-order valence-corrected chi connectivity index (χ2v) is 3.75. The highest BCUT2D eigenvalue weighted by atomic mass is 19.4. The third kappa shape index (κ3) is 3.46. The molecule has 5 heteroatoms. The first kappa shape index (κ1) is 11.8. The van der Waals surface area contributed by atoms with E-state index in [1.807, 2.05) is 0 Å². The van der Waals surface area contributed by atoms with E-state index in [0.29, 0.717) is 19.3 Å². The van der Waals surface area contributed by atoms with E-state index in [-0.39, 0.29) is 19.1 Å². The van der Waals surface area contributed by atoms with Gasteiger partial charge in [-0.1, -0.05) is 6.42 Å². The molecule has 0 aliphatic carbocycles. The van der Waals surface area contributed by atoms with Gasteiger partial charge in [-0.15, -0.1) is 0 Å². The van der Waals surface area contributed by atoms with E-state index in [1.54, 1.807) is 0 Å². The van der Waals surface area contributed by atoms with Crippen LogP contribution in [-0.2, 0) is 0 Å². The van der Waals surface area contributed by atoms with Gasteiger partial charge in [0, 0.05) is 12.6 Å². The van der Waals surface area contributed by atoms with Gasteiger partial charge >= 0.3 is 6.18 Å². The van der Waals surface area contributed by atoms with E-state index < -0.39 is 12.2 Å². The Bertz CT molecular complexity index is 172. The number of halogens is 3. The molecular formula is C9H16F3NO. The minimum absolute atomic E-state index is 0.0505. The summed E-state index contributed by atoms with van der Waals surface area (Å²) in [5.41, 5.74) is 0. The molecule has 0 radical (unpaired) electrons. The number of rotatable bonds is 3. The van der Waals surface area contributed by atoms with Crippen LogP contribution in [0.2, 0.25) is 0 Å². The van der Waals surface area contributed by atoms with Gasteiger partial charge in [-0.05, 0) is 25.7 Å². The standard InChI is InChI=1S/C9H16F3NO/c10-9(11,12)8-5-1-3-7(13-8)4-2-6-14/h7-8,13-14H,1-6H2/t7-,8+/m0/s1. The Morgan fingerprint density at radius 1 is 1.29 bits per heavy atom. The lowest BCUT2D eigenvalue weighted by Gasteiger charge is -2.32. The first-order valence-corrected chi connectivity index (χ1v) is 4.97. The number of hydrogen-bond donors (Lipinski definition) is 2. The molecule has 0 unspecified atom stereocenters. The second kappa shape index (κ2) is 4.98. The van der Waals surface area contributed by atoms with Crippen molar-refractivity contribution in [2.75, 3.05) is 6.61 Å². The SMILES string of the molecule is OCCC[C@@H]1CCC[C@H](C(F)(F)F)N1. The van der Waals surface area contributed by atoms with Crippen molar-refractivity contribution in [3.05, 3.63) is 0 Å². The summed E-state index contributed by atoms with van der Waals surface area (Å²) in [4.78, 5) is 0. The number of alkyl halides is 3. The Kier molecular flexibility index (Phi) is 4.19. The summed E-state index contributed by atoms with van der Waals surface area (Å²) >= 11 is 0. The summed E-state index contributed by atoms with van der Waals surface area (Å²) in [7, 11) is 0. The molecule has 0 spiro atoms. The lowest BCUT2D eigenvalue weighted by atomic mass is 9.95. The Morgan fingerprint density at radius 3 is 2.57 bits per heavy atom. The molecule has 84 valence electrons. The Balaban J connectivity index is 2.36. The molecule has 0 aromatic rings. The molecule has 2 N–H and O–H groups in total. The molecular weight excluding hydrogens is 195 g/mol. The minimum Gasteiger partial charge on any atom is -0.396 e. The predicted molar refractivity (Wildman–Crippen MR) is 46.9 cm³/mol.